The molecular weight excluding hydrogens is 236 g/mol. The summed E-state index contributed by atoms with van der Waals surface area (Å²) in [4.78, 5) is 14.7. The van der Waals surface area contributed by atoms with E-state index in [0.717, 1.165) is 16.7 Å². The van der Waals surface area contributed by atoms with Gasteiger partial charge in [-0.05, 0) is 30.3 Å². The topological polar surface area (TPSA) is 37.8 Å². The van der Waals surface area contributed by atoms with Crippen LogP contribution in [0, 0.1) is 0 Å². The van der Waals surface area contributed by atoms with Crippen LogP contribution in [0.3, 0.4) is 0 Å². The van der Waals surface area contributed by atoms with E-state index in [1.807, 2.05) is 30.3 Å². The Bertz CT molecular complexity index is 728. The smallest absolute Gasteiger partial charge is 0.305 e. The lowest BCUT2D eigenvalue weighted by atomic mass is 10.3. The average molecular weight is 245 g/mol. The van der Waals surface area contributed by atoms with Crippen molar-refractivity contribution < 1.29 is 0 Å². The highest BCUT2D eigenvalue weighted by atomic mass is 35.5. The van der Waals surface area contributed by atoms with Crippen LogP contribution in [-0.4, -0.2) is 9.55 Å². The Hall–Kier alpha value is -2.00. The van der Waals surface area contributed by atoms with Crippen LogP contribution in [0.2, 0.25) is 5.02 Å². The summed E-state index contributed by atoms with van der Waals surface area (Å²) in [6, 6.07) is 14.8. The van der Waals surface area contributed by atoms with Gasteiger partial charge in [0.05, 0.1) is 16.7 Å². The average Bonchev–Trinajstić information content (AvgIpc) is 2.65. The lowest BCUT2D eigenvalue weighted by Gasteiger charge is -2.02. The minimum atomic E-state index is -0.159. The zero-order valence-corrected chi connectivity index (χ0v) is 9.61. The van der Waals surface area contributed by atoms with Gasteiger partial charge in [-0.2, -0.15) is 0 Å². The number of aromatic amines is 1. The van der Waals surface area contributed by atoms with E-state index in [2.05, 4.69) is 4.98 Å². The number of halogens is 1. The van der Waals surface area contributed by atoms with Crippen molar-refractivity contribution in [3.05, 3.63) is 64.0 Å². The molecule has 3 aromatic rings. The second-order valence-corrected chi connectivity index (χ2v) is 4.20. The third-order valence-corrected chi connectivity index (χ3v) is 2.89. The Morgan fingerprint density at radius 3 is 2.59 bits per heavy atom. The Morgan fingerprint density at radius 1 is 1.06 bits per heavy atom. The first-order valence-corrected chi connectivity index (χ1v) is 5.59. The Balaban J connectivity index is 2.40. The van der Waals surface area contributed by atoms with Crippen LogP contribution < -0.4 is 5.69 Å². The molecule has 4 heteroatoms. The van der Waals surface area contributed by atoms with Crippen molar-refractivity contribution in [1.82, 2.24) is 9.55 Å². The zero-order chi connectivity index (χ0) is 11.8. The first-order valence-electron chi connectivity index (χ1n) is 5.21. The van der Waals surface area contributed by atoms with E-state index >= 15 is 0 Å². The number of para-hydroxylation sites is 1. The van der Waals surface area contributed by atoms with E-state index in [0.29, 0.717) is 5.02 Å². The molecule has 0 bridgehead atoms. The number of hydrogen-bond donors (Lipinski definition) is 1. The molecule has 1 aromatic heterocycles. The number of nitrogens with zero attached hydrogens (tertiary/aromatic N) is 1. The summed E-state index contributed by atoms with van der Waals surface area (Å²) in [5.41, 5.74) is 2.23. The molecule has 3 nitrogen and oxygen atoms in total. The van der Waals surface area contributed by atoms with E-state index in [1.165, 1.54) is 0 Å². The Kier molecular flexibility index (Phi) is 2.27. The number of rotatable bonds is 1. The highest BCUT2D eigenvalue weighted by molar-refractivity contribution is 6.31. The monoisotopic (exact) mass is 244 g/mol. The number of nitrogens with one attached hydrogen (secondary N) is 1. The van der Waals surface area contributed by atoms with Crippen LogP contribution in [-0.2, 0) is 0 Å². The summed E-state index contributed by atoms with van der Waals surface area (Å²) in [5, 5.41) is 0.612. The highest BCUT2D eigenvalue weighted by Gasteiger charge is 2.08. The molecule has 17 heavy (non-hydrogen) atoms. The summed E-state index contributed by atoms with van der Waals surface area (Å²) in [5.74, 6) is 0. The van der Waals surface area contributed by atoms with Crippen molar-refractivity contribution in [2.24, 2.45) is 0 Å². The van der Waals surface area contributed by atoms with E-state index in [-0.39, 0.29) is 5.69 Å². The molecule has 0 saturated carbocycles. The predicted octanol–water partition coefficient (Wildman–Crippen LogP) is 2.97. The van der Waals surface area contributed by atoms with Gasteiger partial charge < -0.3 is 4.98 Å². The van der Waals surface area contributed by atoms with E-state index < -0.39 is 0 Å². The maximum Gasteiger partial charge on any atom is 0.331 e. The normalized spacial score (nSPS) is 10.9. The van der Waals surface area contributed by atoms with Gasteiger partial charge in [-0.1, -0.05) is 29.8 Å². The second kappa shape index (κ2) is 3.79. The SMILES string of the molecule is O=c1[nH]c2ccc(Cl)cc2n1-c1ccccc1. The summed E-state index contributed by atoms with van der Waals surface area (Å²) in [7, 11) is 0. The number of H-pyrrole nitrogens is 1. The van der Waals surface area contributed by atoms with Crippen LogP contribution in [0.5, 0.6) is 0 Å². The molecule has 0 unspecified atom stereocenters. The van der Waals surface area contributed by atoms with Gasteiger partial charge in [0.25, 0.3) is 0 Å². The van der Waals surface area contributed by atoms with E-state index in [4.69, 9.17) is 11.6 Å². The predicted molar refractivity (Wildman–Crippen MR) is 68.9 cm³/mol. The molecule has 84 valence electrons. The summed E-state index contributed by atoms with van der Waals surface area (Å²) >= 11 is 5.96. The van der Waals surface area contributed by atoms with Crippen LogP contribution in [0.25, 0.3) is 16.7 Å². The summed E-state index contributed by atoms with van der Waals surface area (Å²) in [6.07, 6.45) is 0. The Labute approximate surface area is 102 Å². The quantitative estimate of drug-likeness (QED) is 0.702. The van der Waals surface area contributed by atoms with Gasteiger partial charge in [-0.15, -0.1) is 0 Å². The maximum absolute atomic E-state index is 11.9. The molecule has 0 amide bonds. The Morgan fingerprint density at radius 2 is 1.82 bits per heavy atom. The number of fused-ring (bicyclic) bond motifs is 1. The molecular formula is C13H9ClN2O. The number of benzene rings is 2. The molecule has 0 aliphatic rings. The van der Waals surface area contributed by atoms with Crippen molar-refractivity contribution in [2.45, 2.75) is 0 Å². The second-order valence-electron chi connectivity index (χ2n) is 3.76. The number of aromatic nitrogens is 2. The van der Waals surface area contributed by atoms with Gasteiger partial charge in [-0.25, -0.2) is 4.79 Å². The molecule has 0 radical (unpaired) electrons. The summed E-state index contributed by atoms with van der Waals surface area (Å²) in [6.45, 7) is 0. The van der Waals surface area contributed by atoms with Gasteiger partial charge in [0, 0.05) is 5.02 Å². The largest absolute Gasteiger partial charge is 0.331 e. The molecule has 0 saturated heterocycles. The highest BCUT2D eigenvalue weighted by Crippen LogP contribution is 2.19. The van der Waals surface area contributed by atoms with Gasteiger partial charge in [0.2, 0.25) is 0 Å². The third kappa shape index (κ3) is 1.65. The van der Waals surface area contributed by atoms with Gasteiger partial charge in [0.1, 0.15) is 0 Å². The molecule has 0 spiro atoms. The minimum absolute atomic E-state index is 0.159. The summed E-state index contributed by atoms with van der Waals surface area (Å²) < 4.78 is 1.61. The van der Waals surface area contributed by atoms with Gasteiger partial charge >= 0.3 is 5.69 Å². The fourth-order valence-corrected chi connectivity index (χ4v) is 2.08. The van der Waals surface area contributed by atoms with E-state index in [1.54, 1.807) is 22.8 Å². The van der Waals surface area contributed by atoms with Gasteiger partial charge in [-0.3, -0.25) is 4.57 Å². The van der Waals surface area contributed by atoms with Crippen molar-refractivity contribution in [1.29, 1.82) is 0 Å². The zero-order valence-electron chi connectivity index (χ0n) is 8.85. The molecule has 0 fully saturated rings. The van der Waals surface area contributed by atoms with E-state index in [9.17, 15) is 4.79 Å². The molecule has 1 N–H and O–H groups in total. The van der Waals surface area contributed by atoms with Crippen molar-refractivity contribution in [2.75, 3.05) is 0 Å². The first-order chi connectivity index (χ1) is 8.25. The fourth-order valence-electron chi connectivity index (χ4n) is 1.91. The van der Waals surface area contributed by atoms with Crippen molar-refractivity contribution >= 4 is 22.6 Å². The molecule has 2 aromatic carbocycles. The lowest BCUT2D eigenvalue weighted by molar-refractivity contribution is 1.02. The molecule has 0 aliphatic carbocycles. The third-order valence-electron chi connectivity index (χ3n) is 2.66. The fraction of sp³-hybridized carbons (Fsp3) is 0. The van der Waals surface area contributed by atoms with Crippen LogP contribution in [0.1, 0.15) is 0 Å². The van der Waals surface area contributed by atoms with Gasteiger partial charge in [0.15, 0.2) is 0 Å². The van der Waals surface area contributed by atoms with Crippen LogP contribution >= 0.6 is 11.6 Å². The lowest BCUT2D eigenvalue weighted by Crippen LogP contribution is -2.14. The molecule has 0 aliphatic heterocycles. The first kappa shape index (κ1) is 10.2. The van der Waals surface area contributed by atoms with Crippen molar-refractivity contribution in [3.63, 3.8) is 0 Å². The van der Waals surface area contributed by atoms with Crippen molar-refractivity contribution in [3.8, 4) is 5.69 Å². The minimum Gasteiger partial charge on any atom is -0.305 e. The molecule has 3 rings (SSSR count). The number of hydrogen-bond acceptors (Lipinski definition) is 1. The maximum atomic E-state index is 11.9. The molecule has 1 heterocycles. The van der Waals surface area contributed by atoms with Crippen LogP contribution in [0.4, 0.5) is 0 Å². The van der Waals surface area contributed by atoms with Crippen LogP contribution in [0.15, 0.2) is 53.3 Å². The number of imidazole rings is 1. The molecule has 0 atom stereocenters. The standard InChI is InChI=1S/C13H9ClN2O/c14-9-6-7-11-12(8-9)16(13(17)15-11)10-4-2-1-3-5-10/h1-8H,(H,15,17).